The first-order valence-corrected chi connectivity index (χ1v) is 13.5. The van der Waals surface area contributed by atoms with Crippen LogP contribution < -0.4 is 10.1 Å². The molecular formula is C30H31F3N6O. The van der Waals surface area contributed by atoms with E-state index in [-0.39, 0.29) is 23.7 Å². The van der Waals surface area contributed by atoms with Crippen LogP contribution >= 0.6 is 0 Å². The van der Waals surface area contributed by atoms with Crippen molar-refractivity contribution in [3.63, 3.8) is 0 Å². The van der Waals surface area contributed by atoms with Crippen LogP contribution in [0.4, 0.5) is 13.2 Å². The third-order valence-electron chi connectivity index (χ3n) is 8.29. The van der Waals surface area contributed by atoms with Gasteiger partial charge in [-0.15, -0.1) is 5.10 Å². The number of halogens is 3. The minimum absolute atomic E-state index is 0.173. The van der Waals surface area contributed by atoms with Crippen molar-refractivity contribution in [2.24, 2.45) is 5.92 Å². The number of alkyl halides is 3. The van der Waals surface area contributed by atoms with Crippen LogP contribution in [0.5, 0.6) is 5.75 Å². The van der Waals surface area contributed by atoms with Crippen LogP contribution in [0.2, 0.25) is 0 Å². The third-order valence-corrected chi connectivity index (χ3v) is 8.29. The zero-order valence-electron chi connectivity index (χ0n) is 22.1. The lowest BCUT2D eigenvalue weighted by Crippen LogP contribution is -2.64. The lowest BCUT2D eigenvalue weighted by atomic mass is 9.70. The van der Waals surface area contributed by atoms with Crippen LogP contribution in [0.25, 0.3) is 5.69 Å². The van der Waals surface area contributed by atoms with Gasteiger partial charge in [0.2, 0.25) is 0 Å². The van der Waals surface area contributed by atoms with Crippen molar-refractivity contribution in [1.82, 2.24) is 30.4 Å². The molecule has 3 aliphatic rings. The highest BCUT2D eigenvalue weighted by Gasteiger charge is 2.46. The van der Waals surface area contributed by atoms with Gasteiger partial charge >= 0.3 is 6.18 Å². The fourth-order valence-corrected chi connectivity index (χ4v) is 6.50. The molecule has 0 unspecified atom stereocenters. The highest BCUT2D eigenvalue weighted by molar-refractivity contribution is 5.44. The van der Waals surface area contributed by atoms with Gasteiger partial charge in [-0.1, -0.05) is 60.7 Å². The highest BCUT2D eigenvalue weighted by atomic mass is 19.4. The summed E-state index contributed by atoms with van der Waals surface area (Å²) in [5, 5.41) is 13.9. The number of nitrogens with zero attached hydrogens (tertiary/aromatic N) is 5. The number of fused-ring (bicyclic) bond motifs is 3. The van der Waals surface area contributed by atoms with Crippen LogP contribution in [-0.4, -0.2) is 57.4 Å². The van der Waals surface area contributed by atoms with Crippen LogP contribution in [0.15, 0.2) is 78.9 Å². The lowest BCUT2D eigenvalue weighted by Gasteiger charge is -2.54. The molecule has 10 heteroatoms. The van der Waals surface area contributed by atoms with Crippen molar-refractivity contribution in [2.75, 3.05) is 20.2 Å². The fourth-order valence-electron chi connectivity index (χ4n) is 6.50. The molecule has 0 spiro atoms. The smallest absolute Gasteiger partial charge is 0.453 e. The van der Waals surface area contributed by atoms with Crippen molar-refractivity contribution in [1.29, 1.82) is 0 Å². The Balaban J connectivity index is 1.33. The highest BCUT2D eigenvalue weighted by Crippen LogP contribution is 2.42. The molecular weight excluding hydrogens is 517 g/mol. The molecule has 3 aliphatic heterocycles. The van der Waals surface area contributed by atoms with Gasteiger partial charge in [0.1, 0.15) is 5.75 Å². The van der Waals surface area contributed by atoms with Gasteiger partial charge < -0.3 is 10.1 Å². The topological polar surface area (TPSA) is 68.1 Å². The van der Waals surface area contributed by atoms with Gasteiger partial charge in [-0.05, 0) is 71.6 Å². The van der Waals surface area contributed by atoms with E-state index in [0.717, 1.165) is 36.2 Å². The van der Waals surface area contributed by atoms with Crippen LogP contribution in [0.1, 0.15) is 41.3 Å². The molecule has 2 bridgehead atoms. The summed E-state index contributed by atoms with van der Waals surface area (Å²) in [5.41, 5.74) is 3.52. The van der Waals surface area contributed by atoms with Crippen molar-refractivity contribution in [2.45, 2.75) is 43.6 Å². The Morgan fingerprint density at radius 2 is 1.60 bits per heavy atom. The van der Waals surface area contributed by atoms with Crippen molar-refractivity contribution >= 4 is 0 Å². The van der Waals surface area contributed by atoms with E-state index >= 15 is 0 Å². The van der Waals surface area contributed by atoms with E-state index in [0.29, 0.717) is 18.2 Å². The molecule has 0 amide bonds. The van der Waals surface area contributed by atoms with E-state index < -0.39 is 12.0 Å². The predicted octanol–water partition coefficient (Wildman–Crippen LogP) is 5.07. The number of aromatic nitrogens is 4. The first-order valence-electron chi connectivity index (χ1n) is 13.5. The summed E-state index contributed by atoms with van der Waals surface area (Å²) in [6.45, 7) is 2.55. The van der Waals surface area contributed by atoms with Crippen molar-refractivity contribution in [3.8, 4) is 11.4 Å². The number of methoxy groups -OCH3 is 1. The minimum atomic E-state index is -4.67. The standard InChI is InChI=1S/C30H31F3N6O/c1-40-25-13-12-24(39-29(30(31,32)33)35-36-37-39)18-23(25)19-34-27-22-14-16-38(17-15-22)28(27)26(20-8-4-2-5-9-20)21-10-6-3-7-11-21/h2-13,18,22,26-28,34H,14-17,19H2,1H3/t27-,28-/m0/s1. The Hall–Kier alpha value is -3.76. The molecule has 40 heavy (non-hydrogen) atoms. The number of ether oxygens (including phenoxy) is 1. The zero-order valence-corrected chi connectivity index (χ0v) is 22.1. The van der Waals surface area contributed by atoms with Crippen molar-refractivity contribution in [3.05, 3.63) is 101 Å². The Bertz CT molecular complexity index is 1380. The largest absolute Gasteiger partial charge is 0.496 e. The maximum absolute atomic E-state index is 13.5. The molecule has 208 valence electrons. The van der Waals surface area contributed by atoms with E-state index in [4.69, 9.17) is 4.74 Å². The first kappa shape index (κ1) is 26.5. The molecule has 7 nitrogen and oxygen atoms in total. The van der Waals surface area contributed by atoms with E-state index in [9.17, 15) is 13.2 Å². The predicted molar refractivity (Wildman–Crippen MR) is 144 cm³/mol. The summed E-state index contributed by atoms with van der Waals surface area (Å²) < 4.78 is 46.8. The normalized spacial score (nSPS) is 22.5. The van der Waals surface area contributed by atoms with Crippen LogP contribution in [-0.2, 0) is 12.7 Å². The Morgan fingerprint density at radius 1 is 0.950 bits per heavy atom. The van der Waals surface area contributed by atoms with E-state index in [1.54, 1.807) is 19.2 Å². The Labute approximate surface area is 231 Å². The number of hydrogen-bond acceptors (Lipinski definition) is 6. The van der Waals surface area contributed by atoms with Gasteiger partial charge in [-0.25, -0.2) is 0 Å². The lowest BCUT2D eigenvalue weighted by molar-refractivity contribution is -0.146. The van der Waals surface area contributed by atoms with Gasteiger partial charge in [-0.3, -0.25) is 4.90 Å². The second kappa shape index (κ2) is 11.0. The first-order chi connectivity index (χ1) is 19.4. The molecule has 7 rings (SSSR count). The SMILES string of the molecule is COc1ccc(-n2nnnc2C(F)(F)F)cc1CN[C@H]1C2CCN(CC2)[C@H]1C(c1ccccc1)c1ccccc1. The number of nitrogens with one attached hydrogen (secondary N) is 1. The molecule has 4 heterocycles. The van der Waals surface area contributed by atoms with Gasteiger partial charge in [0, 0.05) is 30.1 Å². The summed E-state index contributed by atoms with van der Waals surface area (Å²) in [6, 6.07) is 26.5. The Kier molecular flexibility index (Phi) is 7.29. The molecule has 0 aliphatic carbocycles. The Morgan fingerprint density at radius 3 is 2.20 bits per heavy atom. The number of piperidine rings is 3. The molecule has 4 aromatic rings. The number of hydrogen-bond donors (Lipinski definition) is 1. The monoisotopic (exact) mass is 548 g/mol. The summed E-state index contributed by atoms with van der Waals surface area (Å²) in [7, 11) is 1.56. The summed E-state index contributed by atoms with van der Waals surface area (Å²) in [4.78, 5) is 2.60. The molecule has 1 N–H and O–H groups in total. The van der Waals surface area contributed by atoms with Gasteiger partial charge in [-0.2, -0.15) is 17.9 Å². The molecule has 2 atom stereocenters. The second-order valence-electron chi connectivity index (χ2n) is 10.5. The molecule has 3 aromatic carbocycles. The molecule has 3 fully saturated rings. The number of benzene rings is 3. The number of rotatable bonds is 8. The van der Waals surface area contributed by atoms with Crippen LogP contribution in [0.3, 0.4) is 0 Å². The molecule has 3 saturated heterocycles. The van der Waals surface area contributed by atoms with E-state index in [1.165, 1.54) is 17.2 Å². The van der Waals surface area contributed by atoms with Gasteiger partial charge in [0.25, 0.3) is 5.82 Å². The summed E-state index contributed by atoms with van der Waals surface area (Å²) >= 11 is 0. The van der Waals surface area contributed by atoms with Gasteiger partial charge in [0.15, 0.2) is 0 Å². The fraction of sp³-hybridized carbons (Fsp3) is 0.367. The van der Waals surface area contributed by atoms with E-state index in [1.807, 2.05) is 12.1 Å². The quantitative estimate of drug-likeness (QED) is 0.332. The summed E-state index contributed by atoms with van der Waals surface area (Å²) in [6.07, 6.45) is -2.45. The molecule has 0 saturated carbocycles. The van der Waals surface area contributed by atoms with Crippen LogP contribution in [0, 0.1) is 5.92 Å². The van der Waals surface area contributed by atoms with Crippen molar-refractivity contribution < 1.29 is 17.9 Å². The maximum Gasteiger partial charge on any atom is 0.453 e. The average Bonchev–Trinajstić information content (AvgIpc) is 3.49. The summed E-state index contributed by atoms with van der Waals surface area (Å²) in [5.74, 6) is 0.100. The zero-order chi connectivity index (χ0) is 27.7. The molecule has 1 aromatic heterocycles. The number of tetrazole rings is 1. The maximum atomic E-state index is 13.5. The van der Waals surface area contributed by atoms with E-state index in [2.05, 4.69) is 74.3 Å². The van der Waals surface area contributed by atoms with Gasteiger partial charge in [0.05, 0.1) is 12.8 Å². The second-order valence-corrected chi connectivity index (χ2v) is 10.5. The minimum Gasteiger partial charge on any atom is -0.496 e. The molecule has 0 radical (unpaired) electrons. The third kappa shape index (κ3) is 5.09. The average molecular weight is 549 g/mol.